The van der Waals surface area contributed by atoms with Gasteiger partial charge in [0.05, 0.1) is 13.1 Å². The Kier molecular flexibility index (Phi) is 4.27. The molecule has 0 N–H and O–H groups in total. The Hall–Kier alpha value is -0.220. The lowest BCUT2D eigenvalue weighted by atomic mass is 10.0. The summed E-state index contributed by atoms with van der Waals surface area (Å²) in [6.45, 7) is 13.0. The van der Waals surface area contributed by atoms with Gasteiger partial charge in [-0.25, -0.2) is 0 Å². The molecule has 0 saturated carbocycles. The van der Waals surface area contributed by atoms with E-state index in [1.54, 1.807) is 0 Å². The molecule has 2 heterocycles. The molecule has 3 nitrogen and oxygen atoms in total. The van der Waals surface area contributed by atoms with Crippen LogP contribution in [0.1, 0.15) is 34.1 Å². The van der Waals surface area contributed by atoms with Crippen LogP contribution in [-0.2, 0) is 4.79 Å². The molecule has 18 heavy (non-hydrogen) atoms. The second-order valence-corrected chi connectivity index (χ2v) is 7.94. The third kappa shape index (κ3) is 2.85. The molecular formula is C14H26N2OS. The Labute approximate surface area is 115 Å². The SMILES string of the molecule is CC(C)CC(=O)N1CC2(C1)SCCN2CC(C)C. The van der Waals surface area contributed by atoms with Crippen molar-refractivity contribution in [1.82, 2.24) is 9.80 Å². The first-order valence-corrected chi connectivity index (χ1v) is 8.08. The number of carbonyl (C=O) groups is 1. The minimum Gasteiger partial charge on any atom is -0.337 e. The van der Waals surface area contributed by atoms with Crippen molar-refractivity contribution in [2.45, 2.75) is 39.0 Å². The summed E-state index contributed by atoms with van der Waals surface area (Å²) in [5, 5.41) is 0. The molecule has 104 valence electrons. The summed E-state index contributed by atoms with van der Waals surface area (Å²) in [4.78, 5) is 16.9. The molecule has 1 amide bonds. The van der Waals surface area contributed by atoms with Crippen LogP contribution in [0.2, 0.25) is 0 Å². The van der Waals surface area contributed by atoms with Gasteiger partial charge in [-0.05, 0) is 11.8 Å². The Bertz CT molecular complexity index is 311. The number of hydrogen-bond donors (Lipinski definition) is 0. The van der Waals surface area contributed by atoms with Crippen LogP contribution in [0.15, 0.2) is 0 Å². The predicted molar refractivity (Wildman–Crippen MR) is 77.6 cm³/mol. The third-order valence-corrected chi connectivity index (χ3v) is 5.15. The highest BCUT2D eigenvalue weighted by molar-refractivity contribution is 8.01. The van der Waals surface area contributed by atoms with Crippen LogP contribution in [0.4, 0.5) is 0 Å². The van der Waals surface area contributed by atoms with Gasteiger partial charge in [-0.2, -0.15) is 0 Å². The molecule has 0 aromatic carbocycles. The van der Waals surface area contributed by atoms with Crippen LogP contribution in [0.3, 0.4) is 0 Å². The minimum absolute atomic E-state index is 0.261. The molecule has 2 saturated heterocycles. The van der Waals surface area contributed by atoms with E-state index in [0.717, 1.165) is 13.1 Å². The van der Waals surface area contributed by atoms with Crippen LogP contribution >= 0.6 is 11.8 Å². The molecule has 0 bridgehead atoms. The molecule has 4 heteroatoms. The van der Waals surface area contributed by atoms with Crippen molar-refractivity contribution < 1.29 is 4.79 Å². The van der Waals surface area contributed by atoms with Crippen molar-refractivity contribution in [2.24, 2.45) is 11.8 Å². The second-order valence-electron chi connectivity index (χ2n) is 6.48. The van der Waals surface area contributed by atoms with E-state index >= 15 is 0 Å². The molecule has 0 unspecified atom stereocenters. The van der Waals surface area contributed by atoms with Gasteiger partial charge in [0.2, 0.25) is 5.91 Å². The standard InChI is InChI=1S/C14H26N2OS/c1-11(2)7-13(17)15-9-14(10-15)16(5-6-18-14)8-12(3)4/h11-12H,5-10H2,1-4H3. The highest BCUT2D eigenvalue weighted by atomic mass is 32.2. The molecule has 0 aromatic heterocycles. The second kappa shape index (κ2) is 5.41. The number of likely N-dealkylation sites (tertiary alicyclic amines) is 1. The molecule has 2 aliphatic rings. The van der Waals surface area contributed by atoms with Crippen molar-refractivity contribution in [3.05, 3.63) is 0 Å². The van der Waals surface area contributed by atoms with E-state index < -0.39 is 0 Å². The summed E-state index contributed by atoms with van der Waals surface area (Å²) >= 11 is 2.05. The summed E-state index contributed by atoms with van der Waals surface area (Å²) in [5.41, 5.74) is 0. The number of amides is 1. The van der Waals surface area contributed by atoms with E-state index in [1.165, 1.54) is 18.8 Å². The van der Waals surface area contributed by atoms with Gasteiger partial charge in [-0.1, -0.05) is 27.7 Å². The van der Waals surface area contributed by atoms with Crippen LogP contribution in [0, 0.1) is 11.8 Å². The largest absolute Gasteiger partial charge is 0.337 e. The fraction of sp³-hybridized carbons (Fsp3) is 0.929. The molecule has 2 rings (SSSR count). The average Bonchev–Trinajstić information content (AvgIpc) is 2.56. The van der Waals surface area contributed by atoms with Gasteiger partial charge in [-0.15, -0.1) is 11.8 Å². The Balaban J connectivity index is 1.87. The lowest BCUT2D eigenvalue weighted by Crippen LogP contribution is -2.67. The number of hydrogen-bond acceptors (Lipinski definition) is 3. The monoisotopic (exact) mass is 270 g/mol. The zero-order valence-electron chi connectivity index (χ0n) is 12.1. The van der Waals surface area contributed by atoms with E-state index in [9.17, 15) is 4.79 Å². The maximum Gasteiger partial charge on any atom is 0.223 e. The van der Waals surface area contributed by atoms with Gasteiger partial charge in [-0.3, -0.25) is 9.69 Å². The van der Waals surface area contributed by atoms with E-state index in [2.05, 4.69) is 44.4 Å². The fourth-order valence-electron chi connectivity index (χ4n) is 2.84. The van der Waals surface area contributed by atoms with E-state index in [4.69, 9.17) is 0 Å². The summed E-state index contributed by atoms with van der Waals surface area (Å²) in [6.07, 6.45) is 0.699. The van der Waals surface area contributed by atoms with E-state index in [1.807, 2.05) is 4.90 Å². The third-order valence-electron chi connectivity index (χ3n) is 3.71. The average molecular weight is 270 g/mol. The maximum absolute atomic E-state index is 12.0. The Morgan fingerprint density at radius 2 is 1.89 bits per heavy atom. The number of rotatable bonds is 4. The molecule has 0 aliphatic carbocycles. The molecule has 1 spiro atoms. The summed E-state index contributed by atoms with van der Waals surface area (Å²) < 4.78 is 0. The highest BCUT2D eigenvalue weighted by Gasteiger charge is 2.52. The van der Waals surface area contributed by atoms with Gasteiger partial charge in [0, 0.05) is 25.3 Å². The van der Waals surface area contributed by atoms with Gasteiger partial charge >= 0.3 is 0 Å². The highest BCUT2D eigenvalue weighted by Crippen LogP contribution is 2.43. The predicted octanol–water partition coefficient (Wildman–Crippen LogP) is 2.28. The number of thioether (sulfide) groups is 1. The van der Waals surface area contributed by atoms with Crippen LogP contribution < -0.4 is 0 Å². The first-order chi connectivity index (χ1) is 8.43. The summed E-state index contributed by atoms with van der Waals surface area (Å²) in [6, 6.07) is 0. The van der Waals surface area contributed by atoms with E-state index in [0.29, 0.717) is 24.2 Å². The lowest BCUT2D eigenvalue weighted by molar-refractivity contribution is -0.140. The quantitative estimate of drug-likeness (QED) is 0.783. The maximum atomic E-state index is 12.0. The van der Waals surface area contributed by atoms with Crippen molar-refractivity contribution in [3.8, 4) is 0 Å². The fourth-order valence-corrected chi connectivity index (χ4v) is 4.37. The van der Waals surface area contributed by atoms with Crippen LogP contribution in [-0.4, -0.2) is 52.5 Å². The topological polar surface area (TPSA) is 23.6 Å². The summed E-state index contributed by atoms with van der Waals surface area (Å²) in [5.74, 6) is 2.74. The lowest BCUT2D eigenvalue weighted by Gasteiger charge is -2.52. The van der Waals surface area contributed by atoms with Crippen molar-refractivity contribution >= 4 is 17.7 Å². The van der Waals surface area contributed by atoms with Gasteiger partial charge in [0.15, 0.2) is 0 Å². The number of carbonyl (C=O) groups excluding carboxylic acids is 1. The zero-order valence-corrected chi connectivity index (χ0v) is 12.9. The smallest absolute Gasteiger partial charge is 0.223 e. The zero-order chi connectivity index (χ0) is 13.3. The molecule has 0 atom stereocenters. The van der Waals surface area contributed by atoms with E-state index in [-0.39, 0.29) is 4.87 Å². The summed E-state index contributed by atoms with van der Waals surface area (Å²) in [7, 11) is 0. The van der Waals surface area contributed by atoms with Gasteiger partial charge < -0.3 is 4.90 Å². The van der Waals surface area contributed by atoms with Crippen LogP contribution in [0.5, 0.6) is 0 Å². The first kappa shape index (κ1) is 14.2. The normalized spacial score (nSPS) is 23.1. The minimum atomic E-state index is 0.261. The van der Waals surface area contributed by atoms with Crippen molar-refractivity contribution in [1.29, 1.82) is 0 Å². The molecule has 2 fully saturated rings. The number of nitrogens with zero attached hydrogens (tertiary/aromatic N) is 2. The van der Waals surface area contributed by atoms with Gasteiger partial charge in [0.1, 0.15) is 4.87 Å². The molecule has 0 radical (unpaired) electrons. The van der Waals surface area contributed by atoms with Crippen LogP contribution in [0.25, 0.3) is 0 Å². The van der Waals surface area contributed by atoms with Crippen molar-refractivity contribution in [2.75, 3.05) is 31.9 Å². The van der Waals surface area contributed by atoms with Crippen molar-refractivity contribution in [3.63, 3.8) is 0 Å². The Morgan fingerprint density at radius 3 is 2.44 bits per heavy atom. The molecule has 0 aromatic rings. The van der Waals surface area contributed by atoms with Gasteiger partial charge in [0.25, 0.3) is 0 Å². The molecule has 2 aliphatic heterocycles. The molecular weight excluding hydrogens is 244 g/mol. The first-order valence-electron chi connectivity index (χ1n) is 7.10. The Morgan fingerprint density at radius 1 is 1.22 bits per heavy atom.